The number of nitrogens with zero attached hydrogens (tertiary/aromatic N) is 5. The molecule has 4 rings (SSSR count). The zero-order valence-electron chi connectivity index (χ0n) is 19.7. The Labute approximate surface area is 212 Å². The van der Waals surface area contributed by atoms with Gasteiger partial charge in [-0.15, -0.1) is 24.0 Å². The molecule has 33 heavy (non-hydrogen) atoms. The first-order valence-corrected chi connectivity index (χ1v) is 11.1. The topological polar surface area (TPSA) is 72.1 Å². The Hall–Kier alpha value is -2.88. The van der Waals surface area contributed by atoms with Crippen LogP contribution in [0.3, 0.4) is 0 Å². The molecule has 0 aliphatic heterocycles. The molecular weight excluding hydrogens is 525 g/mol. The highest BCUT2D eigenvalue weighted by Gasteiger charge is 2.13. The quantitative estimate of drug-likeness (QED) is 0.152. The van der Waals surface area contributed by atoms with E-state index in [-0.39, 0.29) is 24.0 Å². The van der Waals surface area contributed by atoms with Gasteiger partial charge in [0.25, 0.3) is 0 Å². The number of guanidine groups is 1. The second kappa shape index (κ2) is 11.3. The molecule has 2 N–H and O–H groups in total. The van der Waals surface area contributed by atoms with E-state index in [1.807, 2.05) is 28.9 Å². The van der Waals surface area contributed by atoms with Crippen molar-refractivity contribution in [3.63, 3.8) is 0 Å². The van der Waals surface area contributed by atoms with Gasteiger partial charge in [-0.05, 0) is 51.5 Å². The van der Waals surface area contributed by atoms with Crippen LogP contribution in [0.1, 0.15) is 29.2 Å². The SMILES string of the molecule is CN=C(NCCCn1c(C)nc2ccccc21)NCc1c(C)nn(-c2ccccc2)c1C.I. The maximum Gasteiger partial charge on any atom is 0.191 e. The third kappa shape index (κ3) is 5.55. The molecule has 0 fully saturated rings. The zero-order chi connectivity index (χ0) is 22.5. The second-order valence-electron chi connectivity index (χ2n) is 7.90. The van der Waals surface area contributed by atoms with Crippen molar-refractivity contribution >= 4 is 41.0 Å². The number of para-hydroxylation sites is 3. The van der Waals surface area contributed by atoms with Gasteiger partial charge in [0.05, 0.1) is 22.4 Å². The first kappa shape index (κ1) is 24.8. The number of aryl methyl sites for hydroxylation is 3. The fourth-order valence-corrected chi connectivity index (χ4v) is 4.07. The van der Waals surface area contributed by atoms with Crippen LogP contribution < -0.4 is 10.6 Å². The number of halogens is 1. The number of hydrogen-bond acceptors (Lipinski definition) is 3. The van der Waals surface area contributed by atoms with Crippen molar-refractivity contribution in [1.29, 1.82) is 0 Å². The Balaban J connectivity index is 0.00000306. The van der Waals surface area contributed by atoms with E-state index in [2.05, 4.69) is 76.3 Å². The summed E-state index contributed by atoms with van der Waals surface area (Å²) in [5, 5.41) is 11.6. The summed E-state index contributed by atoms with van der Waals surface area (Å²) in [6.45, 7) is 8.64. The Bertz CT molecular complexity index is 1220. The van der Waals surface area contributed by atoms with E-state index < -0.39 is 0 Å². The number of nitrogens with one attached hydrogen (secondary N) is 2. The molecule has 0 saturated carbocycles. The predicted molar refractivity (Wildman–Crippen MR) is 146 cm³/mol. The molecule has 0 saturated heterocycles. The van der Waals surface area contributed by atoms with Crippen LogP contribution in [0.2, 0.25) is 0 Å². The van der Waals surface area contributed by atoms with Crippen molar-refractivity contribution < 1.29 is 0 Å². The lowest BCUT2D eigenvalue weighted by atomic mass is 10.2. The highest BCUT2D eigenvalue weighted by molar-refractivity contribution is 14.0. The third-order valence-electron chi connectivity index (χ3n) is 5.79. The molecule has 0 bridgehead atoms. The van der Waals surface area contributed by atoms with E-state index in [0.717, 1.165) is 53.9 Å². The molecular formula is C25H32IN7. The molecule has 0 aliphatic rings. The van der Waals surface area contributed by atoms with Gasteiger partial charge in [-0.2, -0.15) is 5.10 Å². The summed E-state index contributed by atoms with van der Waals surface area (Å²) in [5.74, 6) is 1.85. The van der Waals surface area contributed by atoms with Crippen molar-refractivity contribution in [2.45, 2.75) is 40.3 Å². The summed E-state index contributed by atoms with van der Waals surface area (Å²) in [4.78, 5) is 9.02. The molecule has 0 unspecified atom stereocenters. The van der Waals surface area contributed by atoms with Crippen molar-refractivity contribution in [1.82, 2.24) is 30.0 Å². The molecule has 2 aromatic carbocycles. The van der Waals surface area contributed by atoms with Crippen LogP contribution in [0.5, 0.6) is 0 Å². The Kier molecular flexibility index (Phi) is 8.49. The number of rotatable bonds is 7. The van der Waals surface area contributed by atoms with E-state index >= 15 is 0 Å². The molecule has 7 nitrogen and oxygen atoms in total. The summed E-state index contributed by atoms with van der Waals surface area (Å²) in [7, 11) is 1.80. The average molecular weight is 557 g/mol. The molecule has 2 aromatic heterocycles. The molecule has 0 radical (unpaired) electrons. The molecule has 0 atom stereocenters. The fourth-order valence-electron chi connectivity index (χ4n) is 4.07. The number of benzene rings is 2. The van der Waals surface area contributed by atoms with Crippen LogP contribution >= 0.6 is 24.0 Å². The number of aromatic nitrogens is 4. The van der Waals surface area contributed by atoms with E-state index in [1.165, 1.54) is 11.1 Å². The number of hydrogen-bond donors (Lipinski definition) is 2. The predicted octanol–water partition coefficient (Wildman–Crippen LogP) is 4.52. The van der Waals surface area contributed by atoms with Crippen LogP contribution in [-0.4, -0.2) is 38.9 Å². The lowest BCUT2D eigenvalue weighted by molar-refractivity contribution is 0.624. The van der Waals surface area contributed by atoms with Gasteiger partial charge in [-0.25, -0.2) is 9.67 Å². The number of aliphatic imine (C=N–C) groups is 1. The number of imidazole rings is 1. The van der Waals surface area contributed by atoms with Gasteiger partial charge in [-0.3, -0.25) is 4.99 Å². The Morgan fingerprint density at radius 3 is 2.45 bits per heavy atom. The molecule has 0 amide bonds. The van der Waals surface area contributed by atoms with Gasteiger partial charge in [0.2, 0.25) is 0 Å². The van der Waals surface area contributed by atoms with Crippen molar-refractivity contribution in [2.75, 3.05) is 13.6 Å². The van der Waals surface area contributed by atoms with Crippen molar-refractivity contribution in [2.24, 2.45) is 4.99 Å². The molecule has 174 valence electrons. The van der Waals surface area contributed by atoms with Crippen LogP contribution in [0, 0.1) is 20.8 Å². The minimum atomic E-state index is 0. The normalized spacial score (nSPS) is 11.5. The average Bonchev–Trinajstić information content (AvgIpc) is 3.29. The molecule has 4 aromatic rings. The van der Waals surface area contributed by atoms with Crippen molar-refractivity contribution in [3.8, 4) is 5.69 Å². The Morgan fingerprint density at radius 2 is 1.70 bits per heavy atom. The largest absolute Gasteiger partial charge is 0.356 e. The van der Waals surface area contributed by atoms with Crippen LogP contribution in [0.15, 0.2) is 59.6 Å². The van der Waals surface area contributed by atoms with E-state index in [0.29, 0.717) is 6.54 Å². The maximum absolute atomic E-state index is 4.73. The molecule has 0 spiro atoms. The smallest absolute Gasteiger partial charge is 0.191 e. The Morgan fingerprint density at radius 1 is 0.970 bits per heavy atom. The summed E-state index contributed by atoms with van der Waals surface area (Å²) in [6, 6.07) is 18.5. The van der Waals surface area contributed by atoms with Gasteiger partial charge in [0, 0.05) is 37.9 Å². The van der Waals surface area contributed by atoms with E-state index in [4.69, 9.17) is 5.10 Å². The maximum atomic E-state index is 4.73. The first-order valence-electron chi connectivity index (χ1n) is 11.1. The summed E-state index contributed by atoms with van der Waals surface area (Å²) in [6.07, 6.45) is 0.978. The standard InChI is InChI=1S/C25H31N7.HI/c1-18-22(19(2)32(30-18)21-11-6-5-7-12-21)17-28-25(26-4)27-15-10-16-31-20(3)29-23-13-8-9-14-24(23)31;/h5-9,11-14H,10,15-17H2,1-4H3,(H2,26,27,28);1H. The summed E-state index contributed by atoms with van der Waals surface area (Å²) >= 11 is 0. The van der Waals surface area contributed by atoms with Crippen LogP contribution in [0.4, 0.5) is 0 Å². The first-order chi connectivity index (χ1) is 15.6. The van der Waals surface area contributed by atoms with Crippen LogP contribution in [0.25, 0.3) is 16.7 Å². The second-order valence-corrected chi connectivity index (χ2v) is 7.90. The number of fused-ring (bicyclic) bond motifs is 1. The molecule has 0 aliphatic carbocycles. The monoisotopic (exact) mass is 557 g/mol. The van der Waals surface area contributed by atoms with Crippen LogP contribution in [-0.2, 0) is 13.1 Å². The summed E-state index contributed by atoms with van der Waals surface area (Å²) < 4.78 is 4.28. The summed E-state index contributed by atoms with van der Waals surface area (Å²) in [5.41, 5.74) is 6.67. The van der Waals surface area contributed by atoms with E-state index in [1.54, 1.807) is 7.05 Å². The lowest BCUT2D eigenvalue weighted by Gasteiger charge is -2.13. The van der Waals surface area contributed by atoms with Gasteiger partial charge in [0.1, 0.15) is 5.82 Å². The van der Waals surface area contributed by atoms with Gasteiger partial charge in [-0.1, -0.05) is 30.3 Å². The van der Waals surface area contributed by atoms with Gasteiger partial charge < -0.3 is 15.2 Å². The fraction of sp³-hybridized carbons (Fsp3) is 0.320. The van der Waals surface area contributed by atoms with Gasteiger partial charge in [0.15, 0.2) is 5.96 Å². The molecule has 2 heterocycles. The minimum Gasteiger partial charge on any atom is -0.356 e. The zero-order valence-corrected chi connectivity index (χ0v) is 22.0. The highest BCUT2D eigenvalue weighted by Crippen LogP contribution is 2.18. The minimum absolute atomic E-state index is 0. The van der Waals surface area contributed by atoms with E-state index in [9.17, 15) is 0 Å². The molecule has 8 heteroatoms. The van der Waals surface area contributed by atoms with Crippen molar-refractivity contribution in [3.05, 3.63) is 77.4 Å². The highest BCUT2D eigenvalue weighted by atomic mass is 127. The third-order valence-corrected chi connectivity index (χ3v) is 5.79. The lowest BCUT2D eigenvalue weighted by Crippen LogP contribution is -2.37. The van der Waals surface area contributed by atoms with Gasteiger partial charge >= 0.3 is 0 Å².